The summed E-state index contributed by atoms with van der Waals surface area (Å²) in [5.74, 6) is -0.481. The molecule has 108 valence electrons. The van der Waals surface area contributed by atoms with E-state index in [-0.39, 0.29) is 12.5 Å². The predicted octanol–water partition coefficient (Wildman–Crippen LogP) is 0.426. The topological polar surface area (TPSA) is 92.7 Å². The number of benzene rings is 1. The van der Waals surface area contributed by atoms with Gasteiger partial charge in [0.05, 0.1) is 12.1 Å². The molecular weight excluding hydrogens is 256 g/mol. The van der Waals surface area contributed by atoms with Crippen LogP contribution in [0.5, 0.6) is 0 Å². The molecule has 1 aliphatic heterocycles. The highest BCUT2D eigenvalue weighted by molar-refractivity contribution is 6.00. The lowest BCUT2D eigenvalue weighted by Gasteiger charge is -2.24. The molecule has 1 heterocycles. The minimum atomic E-state index is -0.548. The number of hydrogen-bond acceptors (Lipinski definition) is 4. The molecule has 4 N–H and O–H groups in total. The van der Waals surface area contributed by atoms with Crippen molar-refractivity contribution in [1.82, 2.24) is 4.90 Å². The van der Waals surface area contributed by atoms with Gasteiger partial charge in [-0.15, -0.1) is 0 Å². The maximum atomic E-state index is 12.1. The van der Waals surface area contributed by atoms with Gasteiger partial charge in [-0.1, -0.05) is 0 Å². The summed E-state index contributed by atoms with van der Waals surface area (Å²) in [4.78, 5) is 27.2. The van der Waals surface area contributed by atoms with Gasteiger partial charge in [0, 0.05) is 31.5 Å². The fraction of sp³-hybridized carbons (Fsp3) is 0.429. The Morgan fingerprint density at radius 2 is 1.95 bits per heavy atom. The highest BCUT2D eigenvalue weighted by Gasteiger charge is 2.21. The molecule has 2 amide bonds. The van der Waals surface area contributed by atoms with Crippen LogP contribution in [0.25, 0.3) is 0 Å². The van der Waals surface area contributed by atoms with Crippen molar-refractivity contribution in [3.05, 3.63) is 23.8 Å². The minimum Gasteiger partial charge on any atom is -0.399 e. The Balaban J connectivity index is 2.14. The van der Waals surface area contributed by atoms with Crippen molar-refractivity contribution in [3.63, 3.8) is 0 Å². The number of primary amides is 1. The van der Waals surface area contributed by atoms with E-state index in [9.17, 15) is 9.59 Å². The number of nitrogens with zero attached hydrogens (tertiary/aromatic N) is 2. The van der Waals surface area contributed by atoms with Gasteiger partial charge in [0.1, 0.15) is 0 Å². The molecule has 1 aromatic carbocycles. The zero-order valence-corrected chi connectivity index (χ0v) is 11.6. The van der Waals surface area contributed by atoms with Crippen LogP contribution in [0.15, 0.2) is 18.2 Å². The number of carbonyl (C=O) groups is 2. The fourth-order valence-electron chi connectivity index (χ4n) is 2.44. The van der Waals surface area contributed by atoms with Gasteiger partial charge in [-0.3, -0.25) is 9.59 Å². The second-order valence-electron chi connectivity index (χ2n) is 5.08. The molecule has 2 rings (SSSR count). The smallest absolute Gasteiger partial charge is 0.250 e. The fourth-order valence-corrected chi connectivity index (χ4v) is 2.44. The highest BCUT2D eigenvalue weighted by Crippen LogP contribution is 2.22. The SMILES string of the molecule is CN(CC(=O)N1CCCC1)c1ccc(N)cc1C(N)=O. The monoisotopic (exact) mass is 276 g/mol. The van der Waals surface area contributed by atoms with E-state index in [0.29, 0.717) is 16.9 Å². The quantitative estimate of drug-likeness (QED) is 0.780. The second-order valence-corrected chi connectivity index (χ2v) is 5.08. The average molecular weight is 276 g/mol. The van der Waals surface area contributed by atoms with E-state index in [0.717, 1.165) is 25.9 Å². The van der Waals surface area contributed by atoms with Crippen LogP contribution >= 0.6 is 0 Å². The van der Waals surface area contributed by atoms with Crippen LogP contribution in [0, 0.1) is 0 Å². The molecule has 6 heteroatoms. The summed E-state index contributed by atoms with van der Waals surface area (Å²) >= 11 is 0. The largest absolute Gasteiger partial charge is 0.399 e. The van der Waals surface area contributed by atoms with E-state index in [4.69, 9.17) is 11.5 Å². The van der Waals surface area contributed by atoms with Gasteiger partial charge < -0.3 is 21.3 Å². The van der Waals surface area contributed by atoms with Crippen LogP contribution in [0.4, 0.5) is 11.4 Å². The molecule has 0 unspecified atom stereocenters. The Labute approximate surface area is 118 Å². The molecule has 1 aromatic rings. The normalized spacial score (nSPS) is 14.3. The molecule has 1 fully saturated rings. The number of carbonyl (C=O) groups excluding carboxylic acids is 2. The maximum Gasteiger partial charge on any atom is 0.250 e. The lowest BCUT2D eigenvalue weighted by Crippen LogP contribution is -2.37. The van der Waals surface area contributed by atoms with Crippen LogP contribution in [-0.2, 0) is 4.79 Å². The van der Waals surface area contributed by atoms with Crippen molar-refractivity contribution >= 4 is 23.2 Å². The maximum absolute atomic E-state index is 12.1. The number of hydrogen-bond donors (Lipinski definition) is 2. The van der Waals surface area contributed by atoms with E-state index in [1.165, 1.54) is 6.07 Å². The Bertz CT molecular complexity index is 524. The Morgan fingerprint density at radius 3 is 2.55 bits per heavy atom. The molecule has 6 nitrogen and oxygen atoms in total. The Kier molecular flexibility index (Phi) is 4.12. The average Bonchev–Trinajstić information content (AvgIpc) is 2.92. The first-order valence-corrected chi connectivity index (χ1v) is 6.67. The van der Waals surface area contributed by atoms with Gasteiger partial charge >= 0.3 is 0 Å². The van der Waals surface area contributed by atoms with E-state index in [2.05, 4.69) is 0 Å². The van der Waals surface area contributed by atoms with E-state index in [1.807, 2.05) is 4.90 Å². The molecule has 1 aliphatic rings. The Morgan fingerprint density at radius 1 is 1.30 bits per heavy atom. The number of anilines is 2. The minimum absolute atomic E-state index is 0.0669. The number of likely N-dealkylation sites (tertiary alicyclic amines) is 1. The van der Waals surface area contributed by atoms with Gasteiger partial charge in [0.2, 0.25) is 5.91 Å². The summed E-state index contributed by atoms with van der Waals surface area (Å²) in [6, 6.07) is 4.94. The Hall–Kier alpha value is -2.24. The van der Waals surface area contributed by atoms with Gasteiger partial charge in [-0.25, -0.2) is 0 Å². The first-order valence-electron chi connectivity index (χ1n) is 6.67. The second kappa shape index (κ2) is 5.81. The molecule has 20 heavy (non-hydrogen) atoms. The third-order valence-corrected chi connectivity index (χ3v) is 3.53. The van der Waals surface area contributed by atoms with E-state index >= 15 is 0 Å². The van der Waals surface area contributed by atoms with Crippen molar-refractivity contribution in [2.75, 3.05) is 37.3 Å². The molecule has 0 aromatic heterocycles. The summed E-state index contributed by atoms with van der Waals surface area (Å²) in [5, 5.41) is 0. The van der Waals surface area contributed by atoms with Gasteiger partial charge in [0.25, 0.3) is 5.91 Å². The van der Waals surface area contributed by atoms with Crippen molar-refractivity contribution in [2.45, 2.75) is 12.8 Å². The summed E-state index contributed by atoms with van der Waals surface area (Å²) in [6.07, 6.45) is 2.12. The van der Waals surface area contributed by atoms with Gasteiger partial charge in [-0.2, -0.15) is 0 Å². The summed E-state index contributed by atoms with van der Waals surface area (Å²) in [7, 11) is 1.77. The lowest BCUT2D eigenvalue weighted by atomic mass is 10.1. The molecule has 0 saturated carbocycles. The van der Waals surface area contributed by atoms with Crippen molar-refractivity contribution < 1.29 is 9.59 Å². The molecule has 1 saturated heterocycles. The molecule has 0 spiro atoms. The molecule has 0 radical (unpaired) electrons. The van der Waals surface area contributed by atoms with Gasteiger partial charge in [0.15, 0.2) is 0 Å². The van der Waals surface area contributed by atoms with Crippen LogP contribution in [0.2, 0.25) is 0 Å². The van der Waals surface area contributed by atoms with E-state index < -0.39 is 5.91 Å². The standard InChI is InChI=1S/C14H20N4O2/c1-17(9-13(19)18-6-2-3-7-18)12-5-4-10(15)8-11(12)14(16)20/h4-5,8H,2-3,6-7,9,15H2,1H3,(H2,16,20). The number of amides is 2. The number of nitrogen functional groups attached to an aromatic ring is 1. The lowest BCUT2D eigenvalue weighted by molar-refractivity contribution is -0.128. The number of rotatable bonds is 4. The van der Waals surface area contributed by atoms with Crippen molar-refractivity contribution in [3.8, 4) is 0 Å². The zero-order chi connectivity index (χ0) is 14.7. The molecular formula is C14H20N4O2. The first kappa shape index (κ1) is 14.2. The van der Waals surface area contributed by atoms with Crippen LogP contribution in [0.1, 0.15) is 23.2 Å². The predicted molar refractivity (Wildman–Crippen MR) is 78.5 cm³/mol. The van der Waals surface area contributed by atoms with Crippen LogP contribution in [0.3, 0.4) is 0 Å². The van der Waals surface area contributed by atoms with Crippen molar-refractivity contribution in [1.29, 1.82) is 0 Å². The first-order chi connectivity index (χ1) is 9.49. The van der Waals surface area contributed by atoms with E-state index in [1.54, 1.807) is 24.1 Å². The summed E-state index contributed by atoms with van der Waals surface area (Å²) in [6.45, 7) is 1.86. The summed E-state index contributed by atoms with van der Waals surface area (Å²) in [5.41, 5.74) is 12.5. The number of likely N-dealkylation sites (N-methyl/N-ethyl adjacent to an activating group) is 1. The zero-order valence-electron chi connectivity index (χ0n) is 11.6. The molecule has 0 bridgehead atoms. The van der Waals surface area contributed by atoms with Gasteiger partial charge in [-0.05, 0) is 31.0 Å². The molecule has 0 atom stereocenters. The third-order valence-electron chi connectivity index (χ3n) is 3.53. The third kappa shape index (κ3) is 3.01. The summed E-state index contributed by atoms with van der Waals surface area (Å²) < 4.78 is 0. The van der Waals surface area contributed by atoms with Crippen LogP contribution in [-0.4, -0.2) is 43.4 Å². The number of nitrogens with two attached hydrogens (primary N) is 2. The molecule has 0 aliphatic carbocycles. The van der Waals surface area contributed by atoms with Crippen LogP contribution < -0.4 is 16.4 Å². The van der Waals surface area contributed by atoms with Crippen molar-refractivity contribution in [2.24, 2.45) is 5.73 Å². The highest BCUT2D eigenvalue weighted by atomic mass is 16.2.